The number of nitrogens with zero attached hydrogens (tertiary/aromatic N) is 1. The number of phenols is 1. The number of phenolic OH excluding ortho intramolecular Hbond substituents is 1. The van der Waals surface area contributed by atoms with Crippen LogP contribution >= 0.6 is 0 Å². The molecule has 0 saturated carbocycles. The van der Waals surface area contributed by atoms with Gasteiger partial charge in [0.25, 0.3) is 0 Å². The molecule has 0 aliphatic carbocycles. The summed E-state index contributed by atoms with van der Waals surface area (Å²) in [5.41, 5.74) is 4.37. The van der Waals surface area contributed by atoms with E-state index >= 15 is 0 Å². The van der Waals surface area contributed by atoms with Gasteiger partial charge in [0.2, 0.25) is 0 Å². The van der Waals surface area contributed by atoms with Gasteiger partial charge in [-0.2, -0.15) is 0 Å². The number of benzene rings is 2. The molecule has 1 fully saturated rings. The molecule has 3 aromatic rings. The lowest BCUT2D eigenvalue weighted by molar-refractivity contribution is 0.282. The van der Waals surface area contributed by atoms with Gasteiger partial charge in [0.05, 0.1) is 17.8 Å². The van der Waals surface area contributed by atoms with Gasteiger partial charge in [-0.1, -0.05) is 24.6 Å². The van der Waals surface area contributed by atoms with Crippen molar-refractivity contribution in [2.45, 2.75) is 44.8 Å². The maximum atomic E-state index is 10.3. The van der Waals surface area contributed by atoms with E-state index < -0.39 is 0 Å². The Hall–Kier alpha value is -2.43. The molecule has 1 aliphatic heterocycles. The highest BCUT2D eigenvalue weighted by Gasteiger charge is 2.14. The molecule has 0 amide bonds. The summed E-state index contributed by atoms with van der Waals surface area (Å²) in [6, 6.07) is 16.1. The van der Waals surface area contributed by atoms with Crippen LogP contribution in [0, 0.1) is 0 Å². The van der Waals surface area contributed by atoms with Crippen molar-refractivity contribution in [3.63, 3.8) is 0 Å². The number of hydrogen-bond donors (Lipinski definition) is 3. The second kappa shape index (κ2) is 8.07. The van der Waals surface area contributed by atoms with Crippen LogP contribution < -0.4 is 5.32 Å². The fourth-order valence-electron chi connectivity index (χ4n) is 4.00. The number of aromatic nitrogens is 1. The maximum Gasteiger partial charge on any atom is 0.116 e. The normalized spacial score (nSPS) is 17.3. The Morgan fingerprint density at radius 1 is 1.07 bits per heavy atom. The zero-order valence-corrected chi connectivity index (χ0v) is 15.5. The lowest BCUT2D eigenvalue weighted by Crippen LogP contribution is -2.34. The van der Waals surface area contributed by atoms with Crippen molar-refractivity contribution >= 4 is 10.9 Å². The lowest BCUT2D eigenvalue weighted by atomic mass is 9.95. The average molecular weight is 362 g/mol. The van der Waals surface area contributed by atoms with Crippen LogP contribution in [0.15, 0.2) is 48.5 Å². The van der Waals surface area contributed by atoms with E-state index in [-0.39, 0.29) is 12.4 Å². The van der Waals surface area contributed by atoms with E-state index in [9.17, 15) is 10.2 Å². The number of para-hydroxylation sites is 1. The highest BCUT2D eigenvalue weighted by Crippen LogP contribution is 2.30. The molecule has 0 radical (unpaired) electrons. The van der Waals surface area contributed by atoms with Crippen molar-refractivity contribution in [2.24, 2.45) is 0 Å². The lowest BCUT2D eigenvalue weighted by Gasteiger charge is -2.23. The third-order valence-electron chi connectivity index (χ3n) is 5.42. The van der Waals surface area contributed by atoms with Crippen LogP contribution in [0.2, 0.25) is 0 Å². The summed E-state index contributed by atoms with van der Waals surface area (Å²) < 4.78 is 0. The molecule has 1 atom stereocenters. The van der Waals surface area contributed by atoms with E-state index in [0.29, 0.717) is 6.04 Å². The topological polar surface area (TPSA) is 65.4 Å². The van der Waals surface area contributed by atoms with Gasteiger partial charge in [0, 0.05) is 22.6 Å². The van der Waals surface area contributed by atoms with E-state index in [1.54, 1.807) is 6.07 Å². The first-order valence-corrected chi connectivity index (χ1v) is 9.79. The van der Waals surface area contributed by atoms with Gasteiger partial charge >= 0.3 is 0 Å². The third kappa shape index (κ3) is 4.12. The Kier molecular flexibility index (Phi) is 5.37. The second-order valence-corrected chi connectivity index (χ2v) is 7.42. The molecular weight excluding hydrogens is 336 g/mol. The molecule has 4 heteroatoms. The van der Waals surface area contributed by atoms with Crippen molar-refractivity contribution in [3.8, 4) is 17.0 Å². The highest BCUT2D eigenvalue weighted by atomic mass is 16.3. The van der Waals surface area contributed by atoms with E-state index in [4.69, 9.17) is 4.98 Å². The Balaban J connectivity index is 1.65. The highest BCUT2D eigenvalue weighted by molar-refractivity contribution is 5.83. The minimum absolute atomic E-state index is 0.0792. The first kappa shape index (κ1) is 18.0. The number of nitrogens with one attached hydrogen (secondary N) is 1. The zero-order valence-electron chi connectivity index (χ0n) is 15.5. The number of pyridine rings is 1. The van der Waals surface area contributed by atoms with Gasteiger partial charge in [-0.25, -0.2) is 4.98 Å². The van der Waals surface area contributed by atoms with Gasteiger partial charge < -0.3 is 15.5 Å². The van der Waals surface area contributed by atoms with Crippen LogP contribution in [0.5, 0.6) is 5.75 Å². The molecule has 2 heterocycles. The van der Waals surface area contributed by atoms with Crippen molar-refractivity contribution in [1.29, 1.82) is 0 Å². The maximum absolute atomic E-state index is 10.3. The molecule has 3 N–H and O–H groups in total. The van der Waals surface area contributed by atoms with Crippen LogP contribution in [-0.2, 0) is 13.0 Å². The Morgan fingerprint density at radius 3 is 2.78 bits per heavy atom. The molecule has 140 valence electrons. The van der Waals surface area contributed by atoms with Crippen molar-refractivity contribution in [2.75, 3.05) is 6.54 Å². The van der Waals surface area contributed by atoms with Crippen LogP contribution in [0.4, 0.5) is 0 Å². The predicted octanol–water partition coefficient (Wildman–Crippen LogP) is 4.17. The smallest absolute Gasteiger partial charge is 0.116 e. The zero-order chi connectivity index (χ0) is 18.6. The number of aliphatic hydroxyl groups is 1. The Morgan fingerprint density at radius 2 is 1.96 bits per heavy atom. The summed E-state index contributed by atoms with van der Waals surface area (Å²) in [5, 5.41) is 24.7. The third-order valence-corrected chi connectivity index (χ3v) is 5.42. The fourth-order valence-corrected chi connectivity index (χ4v) is 4.00. The minimum Gasteiger partial charge on any atom is -0.508 e. The molecule has 0 bridgehead atoms. The number of aliphatic hydroxyl groups excluding tert-OH is 1. The predicted molar refractivity (Wildman–Crippen MR) is 109 cm³/mol. The molecule has 1 unspecified atom stereocenters. The van der Waals surface area contributed by atoms with E-state index in [1.807, 2.05) is 36.4 Å². The second-order valence-electron chi connectivity index (χ2n) is 7.42. The number of piperidine rings is 1. The summed E-state index contributed by atoms with van der Waals surface area (Å²) in [4.78, 5) is 4.76. The van der Waals surface area contributed by atoms with Crippen molar-refractivity contribution < 1.29 is 10.2 Å². The first-order chi connectivity index (χ1) is 13.2. The number of fused-ring (bicyclic) bond motifs is 1. The summed E-state index contributed by atoms with van der Waals surface area (Å²) in [6.45, 7) is 1.03. The first-order valence-electron chi connectivity index (χ1n) is 9.79. The summed E-state index contributed by atoms with van der Waals surface area (Å²) in [5.74, 6) is 0.248. The van der Waals surface area contributed by atoms with Crippen molar-refractivity contribution in [1.82, 2.24) is 10.3 Å². The Labute approximate surface area is 159 Å². The van der Waals surface area contributed by atoms with E-state index in [0.717, 1.165) is 52.7 Å². The molecular formula is C23H26N2O2. The monoisotopic (exact) mass is 362 g/mol. The number of aryl methyl sites for hydroxylation is 1. The Bertz CT molecular complexity index is 933. The number of hydrogen-bond acceptors (Lipinski definition) is 4. The van der Waals surface area contributed by atoms with E-state index in [2.05, 4.69) is 11.4 Å². The fraction of sp³-hybridized carbons (Fsp3) is 0.348. The number of aromatic hydroxyl groups is 1. The minimum atomic E-state index is -0.0792. The van der Waals surface area contributed by atoms with Gasteiger partial charge in [-0.05, 0) is 68.1 Å². The molecule has 4 rings (SSSR count). The van der Waals surface area contributed by atoms with E-state index in [1.165, 1.54) is 19.3 Å². The largest absolute Gasteiger partial charge is 0.508 e. The van der Waals surface area contributed by atoms with Crippen LogP contribution in [0.3, 0.4) is 0 Å². The molecule has 4 nitrogen and oxygen atoms in total. The molecule has 1 aliphatic rings. The summed E-state index contributed by atoms with van der Waals surface area (Å²) in [7, 11) is 0. The average Bonchev–Trinajstić information content (AvgIpc) is 2.71. The van der Waals surface area contributed by atoms with Crippen LogP contribution in [-0.4, -0.2) is 27.8 Å². The van der Waals surface area contributed by atoms with Gasteiger partial charge in [0.15, 0.2) is 0 Å². The standard InChI is InChI=1S/C23H26N2O2/c26-15-19-13-17-5-1-2-7-22(17)25-23(19)18-11-16(12-21(27)14-18)8-9-20-6-3-4-10-24-20/h1-2,5,7,11-14,20,24,26-27H,3-4,6,8-10,15H2. The van der Waals surface area contributed by atoms with Gasteiger partial charge in [0.1, 0.15) is 5.75 Å². The molecule has 1 saturated heterocycles. The summed E-state index contributed by atoms with van der Waals surface area (Å²) >= 11 is 0. The molecule has 0 spiro atoms. The van der Waals surface area contributed by atoms with Crippen LogP contribution in [0.1, 0.15) is 36.8 Å². The molecule has 27 heavy (non-hydrogen) atoms. The quantitative estimate of drug-likeness (QED) is 0.637. The van der Waals surface area contributed by atoms with Gasteiger partial charge in [-0.3, -0.25) is 0 Å². The summed E-state index contributed by atoms with van der Waals surface area (Å²) in [6.07, 6.45) is 5.78. The van der Waals surface area contributed by atoms with Crippen molar-refractivity contribution in [3.05, 3.63) is 59.7 Å². The van der Waals surface area contributed by atoms with Gasteiger partial charge in [-0.15, -0.1) is 0 Å². The SMILES string of the molecule is OCc1cc2ccccc2nc1-c1cc(O)cc(CCC2CCCCN2)c1. The van der Waals surface area contributed by atoms with Crippen LogP contribution in [0.25, 0.3) is 22.2 Å². The molecule has 1 aromatic heterocycles. The molecule has 2 aromatic carbocycles. The number of rotatable bonds is 5.